The molecular weight excluding hydrogens is 358 g/mol. The van der Waals surface area contributed by atoms with Crippen molar-refractivity contribution in [1.29, 1.82) is 0 Å². The van der Waals surface area contributed by atoms with Gasteiger partial charge in [0.05, 0.1) is 0 Å². The summed E-state index contributed by atoms with van der Waals surface area (Å²) >= 11 is 0. The number of nitrogens with one attached hydrogen (secondary N) is 1. The average molecular weight is 390 g/mol. The molecule has 152 valence electrons. The largest absolute Gasteiger partial charge is 0.353 e. The molecule has 1 N–H and O–H groups in total. The van der Waals surface area contributed by atoms with E-state index >= 15 is 0 Å². The van der Waals surface area contributed by atoms with Gasteiger partial charge in [-0.15, -0.1) is 0 Å². The Kier molecular flexibility index (Phi) is 6.30. The summed E-state index contributed by atoms with van der Waals surface area (Å²) in [6.45, 7) is 1.98. The highest BCUT2D eigenvalue weighted by molar-refractivity contribution is 5.87. The third-order valence-electron chi connectivity index (χ3n) is 6.18. The molecule has 1 aliphatic rings. The maximum absolute atomic E-state index is 12.5. The van der Waals surface area contributed by atoms with Gasteiger partial charge in [-0.3, -0.25) is 4.79 Å². The monoisotopic (exact) mass is 389 g/mol. The first kappa shape index (κ1) is 19.7. The summed E-state index contributed by atoms with van der Waals surface area (Å²) in [6, 6.07) is 19.6. The molecule has 29 heavy (non-hydrogen) atoms. The Balaban J connectivity index is 1.35. The molecule has 0 spiro atoms. The molecule has 0 aliphatic heterocycles. The second-order valence-corrected chi connectivity index (χ2v) is 8.21. The van der Waals surface area contributed by atoms with E-state index in [0.717, 1.165) is 17.4 Å². The molecule has 1 heterocycles. The average Bonchev–Trinajstić information content (AvgIpc) is 3.17. The molecular formula is C25H31N3O. The second kappa shape index (κ2) is 9.27. The van der Waals surface area contributed by atoms with Gasteiger partial charge in [0.1, 0.15) is 6.54 Å². The number of rotatable bonds is 7. The highest BCUT2D eigenvalue weighted by atomic mass is 16.1. The van der Waals surface area contributed by atoms with Gasteiger partial charge in [0.15, 0.2) is 0 Å². The Hall–Kier alpha value is -2.59. The number of hydrogen-bond acceptors (Lipinski definition) is 2. The van der Waals surface area contributed by atoms with Crippen molar-refractivity contribution in [3.8, 4) is 11.1 Å². The quantitative estimate of drug-likeness (QED) is 0.637. The van der Waals surface area contributed by atoms with E-state index in [4.69, 9.17) is 0 Å². The van der Waals surface area contributed by atoms with E-state index in [1.165, 1.54) is 43.2 Å². The van der Waals surface area contributed by atoms with Gasteiger partial charge in [0.25, 0.3) is 0 Å². The van der Waals surface area contributed by atoms with Gasteiger partial charge < -0.3 is 14.8 Å². The number of aromatic nitrogens is 1. The summed E-state index contributed by atoms with van der Waals surface area (Å²) in [5.74, 6) is 0.0738. The van der Waals surface area contributed by atoms with E-state index in [-0.39, 0.29) is 5.91 Å². The lowest BCUT2D eigenvalue weighted by molar-refractivity contribution is -0.121. The van der Waals surface area contributed by atoms with Gasteiger partial charge in [-0.05, 0) is 48.5 Å². The molecule has 0 saturated heterocycles. The minimum absolute atomic E-state index is 0.0738. The Morgan fingerprint density at radius 2 is 1.83 bits per heavy atom. The molecule has 1 saturated carbocycles. The van der Waals surface area contributed by atoms with Gasteiger partial charge in [0.2, 0.25) is 5.91 Å². The number of amides is 1. The van der Waals surface area contributed by atoms with E-state index in [0.29, 0.717) is 19.1 Å². The predicted molar refractivity (Wildman–Crippen MR) is 120 cm³/mol. The minimum atomic E-state index is 0.0738. The molecule has 4 rings (SSSR count). The summed E-state index contributed by atoms with van der Waals surface area (Å²) < 4.78 is 2.04. The summed E-state index contributed by atoms with van der Waals surface area (Å²) in [4.78, 5) is 14.9. The Morgan fingerprint density at radius 3 is 2.62 bits per heavy atom. The molecule has 0 radical (unpaired) electrons. The summed E-state index contributed by atoms with van der Waals surface area (Å²) in [6.07, 6.45) is 8.65. The number of fused-ring (bicyclic) bond motifs is 1. The van der Waals surface area contributed by atoms with E-state index < -0.39 is 0 Å². The SMILES string of the molecule is CN(CCNC(=O)Cn1ccc2ccc(-c3ccccc3)cc21)C1CCCCC1. The standard InChI is InChI=1S/C25H31N3O/c1-27(23-10-6-3-7-11-23)17-15-26-25(29)19-28-16-14-21-12-13-22(18-24(21)28)20-8-4-2-5-9-20/h2,4-5,8-9,12-14,16,18,23H,3,6-7,10-11,15,17,19H2,1H3,(H,26,29). The van der Waals surface area contributed by atoms with Crippen LogP contribution in [0.4, 0.5) is 0 Å². The van der Waals surface area contributed by atoms with Crippen LogP contribution in [0.15, 0.2) is 60.8 Å². The highest BCUT2D eigenvalue weighted by Gasteiger charge is 2.17. The predicted octanol–water partition coefficient (Wildman–Crippen LogP) is 4.69. The van der Waals surface area contributed by atoms with Crippen LogP contribution in [0, 0.1) is 0 Å². The van der Waals surface area contributed by atoms with Crippen LogP contribution in [0.25, 0.3) is 22.0 Å². The molecule has 1 fully saturated rings. The van der Waals surface area contributed by atoms with Crippen molar-refractivity contribution < 1.29 is 4.79 Å². The van der Waals surface area contributed by atoms with Crippen molar-refractivity contribution in [2.75, 3.05) is 20.1 Å². The highest BCUT2D eigenvalue weighted by Crippen LogP contribution is 2.25. The van der Waals surface area contributed by atoms with Crippen molar-refractivity contribution in [3.63, 3.8) is 0 Å². The second-order valence-electron chi connectivity index (χ2n) is 8.21. The van der Waals surface area contributed by atoms with Crippen LogP contribution >= 0.6 is 0 Å². The Bertz CT molecular complexity index is 941. The third-order valence-corrected chi connectivity index (χ3v) is 6.18. The molecule has 3 aromatic rings. The van der Waals surface area contributed by atoms with E-state index in [1.807, 2.05) is 16.8 Å². The number of nitrogens with zero attached hydrogens (tertiary/aromatic N) is 2. The van der Waals surface area contributed by atoms with Gasteiger partial charge in [-0.2, -0.15) is 0 Å². The summed E-state index contributed by atoms with van der Waals surface area (Å²) in [5, 5.41) is 4.26. The summed E-state index contributed by atoms with van der Waals surface area (Å²) in [7, 11) is 2.19. The zero-order valence-electron chi connectivity index (χ0n) is 17.3. The molecule has 2 aromatic carbocycles. The molecule has 1 amide bonds. The normalized spacial score (nSPS) is 15.1. The first-order chi connectivity index (χ1) is 14.2. The molecule has 1 aromatic heterocycles. The third kappa shape index (κ3) is 4.88. The number of carbonyl (C=O) groups excluding carboxylic acids is 1. The zero-order valence-corrected chi connectivity index (χ0v) is 17.3. The first-order valence-electron chi connectivity index (χ1n) is 10.8. The van der Waals surface area contributed by atoms with Gasteiger partial charge in [-0.25, -0.2) is 0 Å². The fraction of sp³-hybridized carbons (Fsp3) is 0.400. The maximum atomic E-state index is 12.5. The van der Waals surface area contributed by atoms with Crippen LogP contribution in [0.3, 0.4) is 0 Å². The lowest BCUT2D eigenvalue weighted by Gasteiger charge is -2.31. The maximum Gasteiger partial charge on any atom is 0.239 e. The van der Waals surface area contributed by atoms with Crippen molar-refractivity contribution in [1.82, 2.24) is 14.8 Å². The zero-order chi connectivity index (χ0) is 20.1. The molecule has 0 unspecified atom stereocenters. The van der Waals surface area contributed by atoms with Crippen LogP contribution in [-0.4, -0.2) is 41.6 Å². The Morgan fingerprint density at radius 1 is 1.03 bits per heavy atom. The van der Waals surface area contributed by atoms with Crippen molar-refractivity contribution in [2.45, 2.75) is 44.7 Å². The molecule has 0 bridgehead atoms. The number of benzene rings is 2. The summed E-state index contributed by atoms with van der Waals surface area (Å²) in [5.41, 5.74) is 3.46. The topological polar surface area (TPSA) is 37.3 Å². The first-order valence-corrected chi connectivity index (χ1v) is 10.8. The minimum Gasteiger partial charge on any atom is -0.353 e. The van der Waals surface area contributed by atoms with Crippen LogP contribution in [0.2, 0.25) is 0 Å². The lowest BCUT2D eigenvalue weighted by Crippen LogP contribution is -2.40. The van der Waals surface area contributed by atoms with Crippen LogP contribution in [-0.2, 0) is 11.3 Å². The molecule has 0 atom stereocenters. The molecule has 1 aliphatic carbocycles. The van der Waals surface area contributed by atoms with Gasteiger partial charge in [0, 0.05) is 30.8 Å². The number of likely N-dealkylation sites (N-methyl/N-ethyl adjacent to an activating group) is 1. The van der Waals surface area contributed by atoms with Gasteiger partial charge >= 0.3 is 0 Å². The van der Waals surface area contributed by atoms with Crippen molar-refractivity contribution in [2.24, 2.45) is 0 Å². The van der Waals surface area contributed by atoms with Crippen molar-refractivity contribution >= 4 is 16.8 Å². The van der Waals surface area contributed by atoms with Crippen molar-refractivity contribution in [3.05, 3.63) is 60.8 Å². The number of hydrogen-bond donors (Lipinski definition) is 1. The fourth-order valence-electron chi connectivity index (χ4n) is 4.42. The smallest absolute Gasteiger partial charge is 0.239 e. The molecule has 4 heteroatoms. The van der Waals surface area contributed by atoms with E-state index in [2.05, 4.69) is 65.8 Å². The van der Waals surface area contributed by atoms with Crippen LogP contribution in [0.5, 0.6) is 0 Å². The lowest BCUT2D eigenvalue weighted by atomic mass is 9.94. The van der Waals surface area contributed by atoms with Gasteiger partial charge in [-0.1, -0.05) is 61.7 Å². The van der Waals surface area contributed by atoms with Crippen LogP contribution < -0.4 is 5.32 Å². The molecule has 4 nitrogen and oxygen atoms in total. The van der Waals surface area contributed by atoms with E-state index in [1.54, 1.807) is 0 Å². The van der Waals surface area contributed by atoms with Crippen LogP contribution in [0.1, 0.15) is 32.1 Å². The number of carbonyl (C=O) groups is 1. The Labute approximate surface area is 173 Å². The fourth-order valence-corrected chi connectivity index (χ4v) is 4.42. The van der Waals surface area contributed by atoms with E-state index in [9.17, 15) is 4.79 Å².